The molecule has 0 saturated carbocycles. The lowest BCUT2D eigenvalue weighted by molar-refractivity contribution is -0.118. The third-order valence-electron chi connectivity index (χ3n) is 1.76. The maximum Gasteiger partial charge on any atom is 0.254 e. The Morgan fingerprint density at radius 3 is 2.73 bits per heavy atom. The van der Waals surface area contributed by atoms with Gasteiger partial charge in [0.15, 0.2) is 0 Å². The number of primary amides is 1. The topological polar surface area (TPSA) is 96.3 Å². The van der Waals surface area contributed by atoms with Crippen molar-refractivity contribution in [2.75, 3.05) is 13.6 Å². The van der Waals surface area contributed by atoms with Crippen molar-refractivity contribution in [3.63, 3.8) is 0 Å². The average Bonchev–Trinajstić information content (AvgIpc) is 2.15. The first-order chi connectivity index (χ1) is 7.00. The van der Waals surface area contributed by atoms with Gasteiger partial charge in [0.05, 0.1) is 6.54 Å². The summed E-state index contributed by atoms with van der Waals surface area (Å²) in [5.41, 5.74) is 4.80. The molecule has 0 aromatic carbocycles. The van der Waals surface area contributed by atoms with Gasteiger partial charge < -0.3 is 15.6 Å². The molecule has 1 aromatic rings. The highest BCUT2D eigenvalue weighted by Crippen LogP contribution is 1.98. The Labute approximate surface area is 85.7 Å². The van der Waals surface area contributed by atoms with Crippen LogP contribution in [-0.2, 0) is 4.79 Å². The molecule has 80 valence electrons. The van der Waals surface area contributed by atoms with Crippen molar-refractivity contribution >= 4 is 11.8 Å². The molecule has 3 N–H and O–H groups in total. The van der Waals surface area contributed by atoms with E-state index in [4.69, 9.17) is 5.73 Å². The van der Waals surface area contributed by atoms with E-state index in [1.54, 1.807) is 0 Å². The summed E-state index contributed by atoms with van der Waals surface area (Å²) in [7, 11) is 1.44. The Kier molecular flexibility index (Phi) is 3.22. The van der Waals surface area contributed by atoms with Crippen molar-refractivity contribution in [3.8, 4) is 0 Å². The minimum atomic E-state index is -0.601. The van der Waals surface area contributed by atoms with E-state index in [0.29, 0.717) is 0 Å². The number of hydrogen-bond acceptors (Lipinski definition) is 3. The van der Waals surface area contributed by atoms with Crippen LogP contribution in [0.15, 0.2) is 23.1 Å². The van der Waals surface area contributed by atoms with Crippen molar-refractivity contribution in [1.82, 2.24) is 9.88 Å². The first kappa shape index (κ1) is 11.0. The number of nitrogens with two attached hydrogens (primary N) is 1. The molecular weight excluding hydrogens is 198 g/mol. The van der Waals surface area contributed by atoms with E-state index < -0.39 is 11.8 Å². The molecule has 6 nitrogen and oxygen atoms in total. The van der Waals surface area contributed by atoms with Crippen molar-refractivity contribution in [2.45, 2.75) is 0 Å². The van der Waals surface area contributed by atoms with E-state index in [0.717, 1.165) is 4.90 Å². The zero-order chi connectivity index (χ0) is 11.4. The first-order valence-electron chi connectivity index (χ1n) is 4.23. The molecule has 0 aliphatic carbocycles. The summed E-state index contributed by atoms with van der Waals surface area (Å²) < 4.78 is 0. The number of rotatable bonds is 3. The Hall–Kier alpha value is -2.11. The third kappa shape index (κ3) is 2.94. The van der Waals surface area contributed by atoms with Gasteiger partial charge in [-0.2, -0.15) is 0 Å². The van der Waals surface area contributed by atoms with Crippen LogP contribution in [0.5, 0.6) is 0 Å². The number of nitrogens with one attached hydrogen (secondary N) is 1. The maximum absolute atomic E-state index is 11.6. The fraction of sp³-hybridized carbons (Fsp3) is 0.222. The molecule has 0 spiro atoms. The number of carbonyl (C=O) groups is 2. The lowest BCUT2D eigenvalue weighted by atomic mass is 10.2. The van der Waals surface area contributed by atoms with Gasteiger partial charge in [0.1, 0.15) is 0 Å². The molecule has 0 saturated heterocycles. The lowest BCUT2D eigenvalue weighted by Crippen LogP contribution is -2.35. The van der Waals surface area contributed by atoms with Gasteiger partial charge in [0.25, 0.3) is 5.91 Å². The average molecular weight is 209 g/mol. The monoisotopic (exact) mass is 209 g/mol. The van der Waals surface area contributed by atoms with Crippen LogP contribution in [0.1, 0.15) is 10.4 Å². The van der Waals surface area contributed by atoms with Crippen LogP contribution in [-0.4, -0.2) is 35.3 Å². The number of amides is 2. The highest BCUT2D eigenvalue weighted by Gasteiger charge is 2.13. The van der Waals surface area contributed by atoms with Gasteiger partial charge in [0.2, 0.25) is 11.5 Å². The number of hydrogen-bond donors (Lipinski definition) is 2. The minimum absolute atomic E-state index is 0.175. The van der Waals surface area contributed by atoms with Crippen molar-refractivity contribution in [3.05, 3.63) is 34.2 Å². The summed E-state index contributed by atoms with van der Waals surface area (Å²) >= 11 is 0. The largest absolute Gasteiger partial charge is 0.368 e. The second-order valence-corrected chi connectivity index (χ2v) is 3.07. The van der Waals surface area contributed by atoms with Gasteiger partial charge in [-0.1, -0.05) is 0 Å². The van der Waals surface area contributed by atoms with Gasteiger partial charge >= 0.3 is 0 Å². The SMILES string of the molecule is CN(CC(N)=O)C(=O)c1cc[nH]c(=O)c1. The van der Waals surface area contributed by atoms with Crippen molar-refractivity contribution in [2.24, 2.45) is 5.73 Å². The number of carbonyl (C=O) groups excluding carboxylic acids is 2. The number of aromatic amines is 1. The second kappa shape index (κ2) is 4.41. The molecule has 0 unspecified atom stereocenters. The van der Waals surface area contributed by atoms with Crippen LogP contribution in [0.3, 0.4) is 0 Å². The zero-order valence-corrected chi connectivity index (χ0v) is 8.19. The van der Waals surface area contributed by atoms with Crippen LogP contribution in [0.4, 0.5) is 0 Å². The number of likely N-dealkylation sites (N-methyl/N-ethyl adjacent to an activating group) is 1. The highest BCUT2D eigenvalue weighted by molar-refractivity contribution is 5.95. The lowest BCUT2D eigenvalue weighted by Gasteiger charge is -2.14. The molecule has 0 bridgehead atoms. The predicted molar refractivity (Wildman–Crippen MR) is 53.2 cm³/mol. The molecule has 1 rings (SSSR count). The molecule has 0 aliphatic rings. The summed E-state index contributed by atoms with van der Waals surface area (Å²) in [4.78, 5) is 36.6. The van der Waals surface area contributed by atoms with E-state index in [9.17, 15) is 14.4 Å². The smallest absolute Gasteiger partial charge is 0.254 e. The van der Waals surface area contributed by atoms with Gasteiger partial charge in [-0.15, -0.1) is 0 Å². The summed E-state index contributed by atoms with van der Waals surface area (Å²) in [5.74, 6) is -1.02. The fourth-order valence-corrected chi connectivity index (χ4v) is 1.10. The Morgan fingerprint density at radius 2 is 2.20 bits per heavy atom. The van der Waals surface area contributed by atoms with Gasteiger partial charge in [-0.25, -0.2) is 0 Å². The van der Waals surface area contributed by atoms with E-state index in [1.165, 1.54) is 25.4 Å². The summed E-state index contributed by atoms with van der Waals surface area (Å²) in [6, 6.07) is 2.63. The van der Waals surface area contributed by atoms with Crippen LogP contribution >= 0.6 is 0 Å². The Morgan fingerprint density at radius 1 is 1.53 bits per heavy atom. The highest BCUT2D eigenvalue weighted by atomic mass is 16.2. The van der Waals surface area contributed by atoms with E-state index >= 15 is 0 Å². The van der Waals surface area contributed by atoms with Crippen LogP contribution in [0, 0.1) is 0 Å². The van der Waals surface area contributed by atoms with E-state index in [2.05, 4.69) is 4.98 Å². The molecule has 0 fully saturated rings. The fourth-order valence-electron chi connectivity index (χ4n) is 1.10. The maximum atomic E-state index is 11.6. The van der Waals surface area contributed by atoms with Crippen LogP contribution in [0.2, 0.25) is 0 Å². The van der Waals surface area contributed by atoms with Crippen molar-refractivity contribution in [1.29, 1.82) is 0 Å². The molecule has 6 heteroatoms. The molecule has 0 atom stereocenters. The summed E-state index contributed by atoms with van der Waals surface area (Å²) in [5, 5.41) is 0. The van der Waals surface area contributed by atoms with Gasteiger partial charge in [-0.05, 0) is 6.07 Å². The minimum Gasteiger partial charge on any atom is -0.368 e. The quantitative estimate of drug-likeness (QED) is 0.663. The number of pyridine rings is 1. The van der Waals surface area contributed by atoms with Crippen LogP contribution < -0.4 is 11.3 Å². The third-order valence-corrected chi connectivity index (χ3v) is 1.76. The first-order valence-corrected chi connectivity index (χ1v) is 4.23. The van der Waals surface area contributed by atoms with Crippen LogP contribution in [0.25, 0.3) is 0 Å². The van der Waals surface area contributed by atoms with Gasteiger partial charge in [-0.3, -0.25) is 14.4 Å². The Balaban J connectivity index is 2.85. The standard InChI is InChI=1S/C9H11N3O3/c1-12(5-7(10)13)9(15)6-2-3-11-8(14)4-6/h2-4H,5H2,1H3,(H2,10,13)(H,11,14). The zero-order valence-electron chi connectivity index (χ0n) is 8.19. The Bertz CT molecular complexity index is 438. The number of nitrogens with zero attached hydrogens (tertiary/aromatic N) is 1. The van der Waals surface area contributed by atoms with Gasteiger partial charge in [0, 0.05) is 24.9 Å². The molecule has 0 radical (unpaired) electrons. The summed E-state index contributed by atoms with van der Waals surface area (Å²) in [6.45, 7) is -0.175. The molecule has 1 aromatic heterocycles. The second-order valence-electron chi connectivity index (χ2n) is 3.07. The summed E-state index contributed by atoms with van der Waals surface area (Å²) in [6.07, 6.45) is 1.37. The molecular formula is C9H11N3O3. The van der Waals surface area contributed by atoms with Crippen molar-refractivity contribution < 1.29 is 9.59 Å². The number of H-pyrrole nitrogens is 1. The molecule has 2 amide bonds. The predicted octanol–water partition coefficient (Wildman–Crippen LogP) is -1.07. The molecule has 0 aliphatic heterocycles. The van der Waals surface area contributed by atoms with E-state index in [-0.39, 0.29) is 17.7 Å². The van der Waals surface area contributed by atoms with E-state index in [1.807, 2.05) is 0 Å². The normalized spacial score (nSPS) is 9.67. The number of aromatic nitrogens is 1. The molecule has 1 heterocycles. The molecule has 15 heavy (non-hydrogen) atoms.